The Hall–Kier alpha value is -1.19. The third-order valence-corrected chi connectivity index (χ3v) is 3.95. The number of hydrogen-bond donors (Lipinski definition) is 1. The summed E-state index contributed by atoms with van der Waals surface area (Å²) in [6.45, 7) is 1.03. The van der Waals surface area contributed by atoms with Gasteiger partial charge in [0.15, 0.2) is 0 Å². The highest BCUT2D eigenvalue weighted by atomic mass is 16.5. The monoisotopic (exact) mass is 231 g/mol. The third-order valence-electron chi connectivity index (χ3n) is 3.95. The zero-order valence-corrected chi connectivity index (χ0v) is 9.76. The van der Waals surface area contributed by atoms with Gasteiger partial charge in [-0.2, -0.15) is 0 Å². The van der Waals surface area contributed by atoms with Crippen molar-refractivity contribution in [3.8, 4) is 0 Å². The molecule has 0 amide bonds. The van der Waals surface area contributed by atoms with Gasteiger partial charge >= 0.3 is 0 Å². The zero-order chi connectivity index (χ0) is 11.8. The zero-order valence-electron chi connectivity index (χ0n) is 9.76. The maximum absolute atomic E-state index is 12.1. The maximum Gasteiger partial charge on any atom is 0.140 e. The number of carbonyl (C=O) groups is 1. The van der Waals surface area contributed by atoms with Crippen molar-refractivity contribution in [3.05, 3.63) is 35.4 Å². The van der Waals surface area contributed by atoms with Crippen LogP contribution in [0.25, 0.3) is 0 Å². The lowest BCUT2D eigenvalue weighted by Gasteiger charge is -2.30. The average Bonchev–Trinajstić information content (AvgIpc) is 2.72. The van der Waals surface area contributed by atoms with Crippen molar-refractivity contribution < 1.29 is 9.53 Å². The van der Waals surface area contributed by atoms with Gasteiger partial charge in [-0.25, -0.2) is 0 Å². The molecule has 0 bridgehead atoms. The van der Waals surface area contributed by atoms with Crippen LogP contribution in [0.3, 0.4) is 0 Å². The van der Waals surface area contributed by atoms with Crippen LogP contribution in [-0.2, 0) is 16.0 Å². The Bertz CT molecular complexity index is 444. The van der Waals surface area contributed by atoms with Gasteiger partial charge in [0.2, 0.25) is 0 Å². The van der Waals surface area contributed by atoms with E-state index in [1.165, 1.54) is 11.1 Å². The molecule has 0 aromatic heterocycles. The summed E-state index contributed by atoms with van der Waals surface area (Å²) in [4.78, 5) is 12.1. The van der Waals surface area contributed by atoms with Crippen LogP contribution in [0.1, 0.15) is 23.5 Å². The van der Waals surface area contributed by atoms with Gasteiger partial charge in [-0.3, -0.25) is 4.79 Å². The Kier molecular flexibility index (Phi) is 2.73. The fourth-order valence-electron chi connectivity index (χ4n) is 2.84. The fourth-order valence-corrected chi connectivity index (χ4v) is 2.84. The molecular formula is C14H17NO2. The third kappa shape index (κ3) is 1.90. The largest absolute Gasteiger partial charge is 0.379 e. The van der Waals surface area contributed by atoms with E-state index in [1.54, 1.807) is 0 Å². The number of rotatable bonds is 3. The first kappa shape index (κ1) is 10.9. The number of Topliss-reactive ketones (excluding diaryl/α,β-unsaturated/α-hetero) is 1. The molecule has 0 radical (unpaired) electrons. The van der Waals surface area contributed by atoms with Crippen LogP contribution in [0.2, 0.25) is 0 Å². The number of ether oxygens (including phenoxy) is 1. The molecule has 1 aromatic rings. The summed E-state index contributed by atoms with van der Waals surface area (Å²) < 4.78 is 5.25. The Labute approximate surface area is 101 Å². The van der Waals surface area contributed by atoms with E-state index in [4.69, 9.17) is 10.5 Å². The Morgan fingerprint density at radius 2 is 2.18 bits per heavy atom. The van der Waals surface area contributed by atoms with E-state index in [0.717, 1.165) is 6.42 Å². The smallest absolute Gasteiger partial charge is 0.140 e. The summed E-state index contributed by atoms with van der Waals surface area (Å²) >= 11 is 0. The highest BCUT2D eigenvalue weighted by molar-refractivity contribution is 5.83. The van der Waals surface area contributed by atoms with Crippen molar-refractivity contribution in [2.75, 3.05) is 13.2 Å². The Morgan fingerprint density at radius 3 is 2.88 bits per heavy atom. The van der Waals surface area contributed by atoms with Crippen molar-refractivity contribution in [2.45, 2.75) is 24.8 Å². The molecule has 3 nitrogen and oxygen atoms in total. The highest BCUT2D eigenvalue weighted by Gasteiger charge is 2.35. The minimum absolute atomic E-state index is 0.0808. The molecule has 0 saturated carbocycles. The van der Waals surface area contributed by atoms with E-state index in [2.05, 4.69) is 18.2 Å². The SMILES string of the molecule is NC1COCC1C(=O)CC1Cc2ccccc21. The van der Waals surface area contributed by atoms with E-state index in [1.807, 2.05) is 6.07 Å². The quantitative estimate of drug-likeness (QED) is 0.852. The lowest BCUT2D eigenvalue weighted by atomic mass is 9.74. The molecule has 3 heteroatoms. The number of ketones is 1. The molecule has 2 N–H and O–H groups in total. The van der Waals surface area contributed by atoms with E-state index in [0.29, 0.717) is 25.6 Å². The van der Waals surface area contributed by atoms with Crippen LogP contribution in [0.4, 0.5) is 0 Å². The second-order valence-electron chi connectivity index (χ2n) is 5.08. The predicted molar refractivity (Wildman–Crippen MR) is 64.8 cm³/mol. The van der Waals surface area contributed by atoms with Gasteiger partial charge in [0.1, 0.15) is 5.78 Å². The predicted octanol–water partition coefficient (Wildman–Crippen LogP) is 1.26. The van der Waals surface area contributed by atoms with Crippen LogP contribution < -0.4 is 5.73 Å². The molecule has 17 heavy (non-hydrogen) atoms. The van der Waals surface area contributed by atoms with Gasteiger partial charge in [-0.1, -0.05) is 24.3 Å². The summed E-state index contributed by atoms with van der Waals surface area (Å²) in [5.41, 5.74) is 8.59. The van der Waals surface area contributed by atoms with Crippen molar-refractivity contribution in [3.63, 3.8) is 0 Å². The molecule has 0 spiro atoms. The summed E-state index contributed by atoms with van der Waals surface area (Å²) in [5, 5.41) is 0. The summed E-state index contributed by atoms with van der Waals surface area (Å²) in [5.74, 6) is 0.601. The molecule has 1 aliphatic carbocycles. The van der Waals surface area contributed by atoms with Crippen LogP contribution in [0, 0.1) is 5.92 Å². The fraction of sp³-hybridized carbons (Fsp3) is 0.500. The van der Waals surface area contributed by atoms with E-state index in [-0.39, 0.29) is 17.7 Å². The van der Waals surface area contributed by atoms with Crippen molar-refractivity contribution in [1.82, 2.24) is 0 Å². The molecule has 2 aliphatic rings. The number of carbonyl (C=O) groups excluding carboxylic acids is 1. The molecular weight excluding hydrogens is 214 g/mol. The van der Waals surface area contributed by atoms with Crippen molar-refractivity contribution in [2.24, 2.45) is 11.7 Å². The first-order valence-electron chi connectivity index (χ1n) is 6.19. The maximum atomic E-state index is 12.1. The van der Waals surface area contributed by atoms with Crippen LogP contribution in [-0.4, -0.2) is 25.0 Å². The molecule has 3 unspecified atom stereocenters. The second-order valence-corrected chi connectivity index (χ2v) is 5.08. The minimum Gasteiger partial charge on any atom is -0.379 e. The number of nitrogens with two attached hydrogens (primary N) is 1. The highest BCUT2D eigenvalue weighted by Crippen LogP contribution is 2.38. The van der Waals surface area contributed by atoms with E-state index >= 15 is 0 Å². The first-order valence-corrected chi connectivity index (χ1v) is 6.19. The normalized spacial score (nSPS) is 30.8. The number of benzene rings is 1. The van der Waals surface area contributed by atoms with Gasteiger partial charge in [-0.15, -0.1) is 0 Å². The second kappa shape index (κ2) is 4.24. The lowest BCUT2D eigenvalue weighted by molar-refractivity contribution is -0.123. The Balaban J connectivity index is 1.64. The molecule has 1 heterocycles. The molecule has 3 rings (SSSR count). The molecule has 3 atom stereocenters. The van der Waals surface area contributed by atoms with Gasteiger partial charge in [-0.05, 0) is 23.5 Å². The summed E-state index contributed by atoms with van der Waals surface area (Å²) in [7, 11) is 0. The van der Waals surface area contributed by atoms with E-state index < -0.39 is 0 Å². The van der Waals surface area contributed by atoms with Gasteiger partial charge in [0, 0.05) is 12.5 Å². The standard InChI is InChI=1S/C14H17NO2/c15-13-8-17-7-12(13)14(16)6-10-5-9-3-1-2-4-11(9)10/h1-4,10,12-13H,5-8,15H2. The van der Waals surface area contributed by atoms with Crippen LogP contribution in [0.15, 0.2) is 24.3 Å². The Morgan fingerprint density at radius 1 is 1.35 bits per heavy atom. The minimum atomic E-state index is -0.0992. The summed E-state index contributed by atoms with van der Waals surface area (Å²) in [6, 6.07) is 8.26. The van der Waals surface area contributed by atoms with E-state index in [9.17, 15) is 4.79 Å². The first-order chi connectivity index (χ1) is 8.25. The van der Waals surface area contributed by atoms with Gasteiger partial charge < -0.3 is 10.5 Å². The topological polar surface area (TPSA) is 52.3 Å². The summed E-state index contributed by atoms with van der Waals surface area (Å²) in [6.07, 6.45) is 1.66. The number of hydrogen-bond acceptors (Lipinski definition) is 3. The van der Waals surface area contributed by atoms with Crippen molar-refractivity contribution in [1.29, 1.82) is 0 Å². The van der Waals surface area contributed by atoms with Gasteiger partial charge in [0.25, 0.3) is 0 Å². The molecule has 90 valence electrons. The van der Waals surface area contributed by atoms with Crippen LogP contribution >= 0.6 is 0 Å². The van der Waals surface area contributed by atoms with Crippen LogP contribution in [0.5, 0.6) is 0 Å². The lowest BCUT2D eigenvalue weighted by Crippen LogP contribution is -2.35. The molecule has 1 fully saturated rings. The average molecular weight is 231 g/mol. The molecule has 1 aromatic carbocycles. The molecule has 1 saturated heterocycles. The molecule has 1 aliphatic heterocycles. The number of fused-ring (bicyclic) bond motifs is 1. The van der Waals surface area contributed by atoms with Gasteiger partial charge in [0.05, 0.1) is 19.1 Å². The van der Waals surface area contributed by atoms with Crippen molar-refractivity contribution >= 4 is 5.78 Å².